The first-order valence-electron chi connectivity index (χ1n) is 6.68. The van der Waals surface area contributed by atoms with Gasteiger partial charge in [-0.25, -0.2) is 4.90 Å². The van der Waals surface area contributed by atoms with Gasteiger partial charge in [0.1, 0.15) is 0 Å². The molecule has 22 heavy (non-hydrogen) atoms. The molecule has 108 valence electrons. The molecule has 0 fully saturated rings. The van der Waals surface area contributed by atoms with E-state index in [1.165, 1.54) is 12.2 Å². The van der Waals surface area contributed by atoms with E-state index in [4.69, 9.17) is 0 Å². The fraction of sp³-hybridized carbons (Fsp3) is 0. The number of imide groups is 1. The average molecular weight is 292 g/mol. The molecule has 0 saturated carbocycles. The normalized spacial score (nSPS) is 13.5. The standard InChI is InChI=1S/C17H12N2O3/c20-15-9-10-16(21)19(15)14-8-4-7-13(11-14)18-17(22)12-5-2-1-3-6-12/h1-11H,(H,18,22). The zero-order valence-corrected chi connectivity index (χ0v) is 11.5. The molecule has 0 spiro atoms. The van der Waals surface area contributed by atoms with E-state index in [1.807, 2.05) is 6.07 Å². The van der Waals surface area contributed by atoms with Crippen LogP contribution >= 0.6 is 0 Å². The maximum atomic E-state index is 12.1. The molecule has 0 atom stereocenters. The number of carbonyl (C=O) groups is 3. The van der Waals surface area contributed by atoms with E-state index in [2.05, 4.69) is 5.32 Å². The highest BCUT2D eigenvalue weighted by atomic mass is 16.2. The number of hydrogen-bond donors (Lipinski definition) is 1. The lowest BCUT2D eigenvalue weighted by atomic mass is 10.2. The summed E-state index contributed by atoms with van der Waals surface area (Å²) in [5.74, 6) is -1.04. The quantitative estimate of drug-likeness (QED) is 0.883. The smallest absolute Gasteiger partial charge is 0.258 e. The van der Waals surface area contributed by atoms with Crippen molar-refractivity contribution in [3.63, 3.8) is 0 Å². The zero-order chi connectivity index (χ0) is 15.5. The Morgan fingerprint density at radius 1 is 0.864 bits per heavy atom. The van der Waals surface area contributed by atoms with E-state index in [0.717, 1.165) is 4.90 Å². The third kappa shape index (κ3) is 2.64. The third-order valence-corrected chi connectivity index (χ3v) is 3.21. The van der Waals surface area contributed by atoms with Crippen LogP contribution in [0.1, 0.15) is 10.4 Å². The lowest BCUT2D eigenvalue weighted by Crippen LogP contribution is -2.29. The van der Waals surface area contributed by atoms with Crippen molar-refractivity contribution in [1.29, 1.82) is 0 Å². The summed E-state index contributed by atoms with van der Waals surface area (Å²) in [6.07, 6.45) is 2.44. The molecule has 2 aromatic carbocycles. The van der Waals surface area contributed by atoms with Gasteiger partial charge in [0, 0.05) is 23.4 Å². The number of hydrogen-bond acceptors (Lipinski definition) is 3. The molecule has 0 aromatic heterocycles. The van der Waals surface area contributed by atoms with E-state index in [1.54, 1.807) is 48.5 Å². The molecule has 0 saturated heterocycles. The molecular weight excluding hydrogens is 280 g/mol. The lowest BCUT2D eigenvalue weighted by molar-refractivity contribution is -0.119. The van der Waals surface area contributed by atoms with Crippen LogP contribution in [0.2, 0.25) is 0 Å². The Labute approximate surface area is 126 Å². The zero-order valence-electron chi connectivity index (χ0n) is 11.5. The van der Waals surface area contributed by atoms with Gasteiger partial charge < -0.3 is 5.32 Å². The van der Waals surface area contributed by atoms with Crippen LogP contribution in [0.15, 0.2) is 66.7 Å². The summed E-state index contributed by atoms with van der Waals surface area (Å²) in [5, 5.41) is 2.74. The van der Waals surface area contributed by atoms with Crippen LogP contribution in [0.25, 0.3) is 0 Å². The van der Waals surface area contributed by atoms with Crippen LogP contribution < -0.4 is 10.2 Å². The van der Waals surface area contributed by atoms with Crippen molar-refractivity contribution in [2.75, 3.05) is 10.2 Å². The number of anilines is 2. The highest BCUT2D eigenvalue weighted by Crippen LogP contribution is 2.23. The predicted molar refractivity (Wildman–Crippen MR) is 82.5 cm³/mol. The molecule has 3 amide bonds. The second-order valence-corrected chi connectivity index (χ2v) is 4.72. The first kappa shape index (κ1) is 13.8. The molecule has 0 bridgehead atoms. The summed E-state index contributed by atoms with van der Waals surface area (Å²) >= 11 is 0. The number of nitrogens with one attached hydrogen (secondary N) is 1. The van der Waals surface area contributed by atoms with Gasteiger partial charge in [0.15, 0.2) is 0 Å². The van der Waals surface area contributed by atoms with Gasteiger partial charge in [0.25, 0.3) is 17.7 Å². The number of nitrogens with zero attached hydrogens (tertiary/aromatic N) is 1. The Bertz CT molecular complexity index is 764. The minimum absolute atomic E-state index is 0.255. The first-order chi connectivity index (χ1) is 10.6. The Morgan fingerprint density at radius 3 is 2.23 bits per heavy atom. The van der Waals surface area contributed by atoms with Crippen molar-refractivity contribution in [1.82, 2.24) is 0 Å². The molecular formula is C17H12N2O3. The highest BCUT2D eigenvalue weighted by Gasteiger charge is 2.25. The van der Waals surface area contributed by atoms with Crippen molar-refractivity contribution in [2.24, 2.45) is 0 Å². The van der Waals surface area contributed by atoms with Crippen LogP contribution in [0.5, 0.6) is 0 Å². The maximum Gasteiger partial charge on any atom is 0.258 e. The van der Waals surface area contributed by atoms with Gasteiger partial charge in [-0.15, -0.1) is 0 Å². The summed E-state index contributed by atoms with van der Waals surface area (Å²) < 4.78 is 0. The Balaban J connectivity index is 1.82. The van der Waals surface area contributed by atoms with Crippen LogP contribution in [0.3, 0.4) is 0 Å². The van der Waals surface area contributed by atoms with E-state index in [9.17, 15) is 14.4 Å². The molecule has 5 nitrogen and oxygen atoms in total. The summed E-state index contributed by atoms with van der Waals surface area (Å²) in [5.41, 5.74) is 1.47. The minimum atomic E-state index is -0.392. The van der Waals surface area contributed by atoms with Crippen molar-refractivity contribution in [3.05, 3.63) is 72.3 Å². The SMILES string of the molecule is O=C(Nc1cccc(N2C(=O)C=CC2=O)c1)c1ccccc1. The minimum Gasteiger partial charge on any atom is -0.322 e. The largest absolute Gasteiger partial charge is 0.322 e. The maximum absolute atomic E-state index is 12.1. The average Bonchev–Trinajstić information content (AvgIpc) is 2.87. The van der Waals surface area contributed by atoms with Crippen molar-refractivity contribution in [2.45, 2.75) is 0 Å². The summed E-state index contributed by atoms with van der Waals surface area (Å²) in [4.78, 5) is 36.5. The van der Waals surface area contributed by atoms with Crippen LogP contribution in [-0.4, -0.2) is 17.7 Å². The molecule has 1 aliphatic heterocycles. The summed E-state index contributed by atoms with van der Waals surface area (Å²) in [6.45, 7) is 0. The molecule has 0 unspecified atom stereocenters. The van der Waals surface area contributed by atoms with Gasteiger partial charge in [0.2, 0.25) is 0 Å². The van der Waals surface area contributed by atoms with Crippen molar-refractivity contribution >= 4 is 29.1 Å². The van der Waals surface area contributed by atoms with E-state index in [0.29, 0.717) is 16.9 Å². The monoisotopic (exact) mass is 292 g/mol. The van der Waals surface area contributed by atoms with Gasteiger partial charge >= 0.3 is 0 Å². The van der Waals surface area contributed by atoms with Gasteiger partial charge in [-0.2, -0.15) is 0 Å². The van der Waals surface area contributed by atoms with E-state index >= 15 is 0 Å². The molecule has 0 radical (unpaired) electrons. The molecule has 1 aliphatic rings. The lowest BCUT2D eigenvalue weighted by Gasteiger charge is -2.15. The molecule has 3 rings (SSSR count). The van der Waals surface area contributed by atoms with Gasteiger partial charge in [0.05, 0.1) is 5.69 Å². The molecule has 5 heteroatoms. The topological polar surface area (TPSA) is 66.5 Å². The molecule has 2 aromatic rings. The van der Waals surface area contributed by atoms with Gasteiger partial charge in [-0.05, 0) is 30.3 Å². The fourth-order valence-corrected chi connectivity index (χ4v) is 2.17. The number of rotatable bonds is 3. The van der Waals surface area contributed by atoms with Crippen LogP contribution in [0.4, 0.5) is 11.4 Å². The number of carbonyl (C=O) groups excluding carboxylic acids is 3. The first-order valence-corrected chi connectivity index (χ1v) is 6.68. The van der Waals surface area contributed by atoms with E-state index < -0.39 is 11.8 Å². The summed E-state index contributed by atoms with van der Waals surface area (Å²) in [6, 6.07) is 15.4. The van der Waals surface area contributed by atoms with Gasteiger partial charge in [-0.3, -0.25) is 14.4 Å². The number of benzene rings is 2. The third-order valence-electron chi connectivity index (χ3n) is 3.21. The highest BCUT2D eigenvalue weighted by molar-refractivity contribution is 6.28. The van der Waals surface area contributed by atoms with Crippen molar-refractivity contribution in [3.8, 4) is 0 Å². The van der Waals surface area contributed by atoms with E-state index in [-0.39, 0.29) is 5.91 Å². The van der Waals surface area contributed by atoms with Crippen LogP contribution in [0, 0.1) is 0 Å². The van der Waals surface area contributed by atoms with Gasteiger partial charge in [-0.1, -0.05) is 24.3 Å². The van der Waals surface area contributed by atoms with Crippen LogP contribution in [-0.2, 0) is 9.59 Å². The molecule has 0 aliphatic carbocycles. The Kier molecular flexibility index (Phi) is 3.53. The van der Waals surface area contributed by atoms with Crippen molar-refractivity contribution < 1.29 is 14.4 Å². The summed E-state index contributed by atoms with van der Waals surface area (Å²) in [7, 11) is 0. The molecule has 1 N–H and O–H groups in total. The second kappa shape index (κ2) is 5.65. The Morgan fingerprint density at radius 2 is 1.55 bits per heavy atom. The molecule has 1 heterocycles. The predicted octanol–water partition coefficient (Wildman–Crippen LogP) is 2.37. The fourth-order valence-electron chi connectivity index (χ4n) is 2.17. The Hall–Kier alpha value is -3.21. The second-order valence-electron chi connectivity index (χ2n) is 4.72. The number of amides is 3.